The zero-order valence-electron chi connectivity index (χ0n) is 17.5. The molecule has 7 nitrogen and oxygen atoms in total. The van der Waals surface area contributed by atoms with Crippen LogP contribution in [0.3, 0.4) is 0 Å². The van der Waals surface area contributed by atoms with Crippen LogP contribution in [0.5, 0.6) is 5.75 Å². The van der Waals surface area contributed by atoms with E-state index in [9.17, 15) is 25.3 Å². The summed E-state index contributed by atoms with van der Waals surface area (Å²) < 4.78 is 0. The smallest absolute Gasteiger partial charge is 0.280 e. The van der Waals surface area contributed by atoms with E-state index in [1.54, 1.807) is 0 Å². The van der Waals surface area contributed by atoms with Crippen molar-refractivity contribution in [2.75, 3.05) is 0 Å². The fourth-order valence-electron chi connectivity index (χ4n) is 2.95. The van der Waals surface area contributed by atoms with Crippen molar-refractivity contribution in [2.24, 2.45) is 0 Å². The van der Waals surface area contributed by atoms with E-state index >= 15 is 0 Å². The number of nitrogens with zero attached hydrogens (tertiary/aromatic N) is 2. The van der Waals surface area contributed by atoms with E-state index in [1.807, 2.05) is 53.7 Å². The number of rotatable bonds is 5. The number of non-ortho nitro benzene ring substituents is 1. The first-order valence-electron chi connectivity index (χ1n) is 9.14. The van der Waals surface area contributed by atoms with Crippen LogP contribution < -0.4 is 0 Å². The number of phenols is 1. The molecule has 0 saturated carbocycles. The highest BCUT2D eigenvalue weighted by molar-refractivity contribution is 7.98. The number of hydrogen-bond acceptors (Lipinski definition) is 6. The Morgan fingerprint density at radius 3 is 1.83 bits per heavy atom. The molecule has 0 saturated heterocycles. The van der Waals surface area contributed by atoms with E-state index in [1.165, 1.54) is 23.9 Å². The number of phenolic OH excluding ortho intramolecular Hbond substituents is 1. The molecule has 8 heteroatoms. The number of nitro benzene ring substituents is 2. The normalized spacial score (nSPS) is 12.1. The summed E-state index contributed by atoms with van der Waals surface area (Å²) in [6.45, 7) is 12.1. The maximum absolute atomic E-state index is 11.4. The second-order valence-electron chi connectivity index (χ2n) is 8.98. The van der Waals surface area contributed by atoms with Gasteiger partial charge in [0.1, 0.15) is 5.75 Å². The quantitative estimate of drug-likeness (QED) is 0.357. The van der Waals surface area contributed by atoms with Gasteiger partial charge in [-0.1, -0.05) is 41.5 Å². The van der Waals surface area contributed by atoms with Crippen LogP contribution in [0.15, 0.2) is 35.2 Å². The van der Waals surface area contributed by atoms with Crippen molar-refractivity contribution < 1.29 is 15.0 Å². The van der Waals surface area contributed by atoms with Gasteiger partial charge in [0.15, 0.2) is 0 Å². The van der Waals surface area contributed by atoms with Crippen LogP contribution >= 0.6 is 11.8 Å². The van der Waals surface area contributed by atoms with Crippen LogP contribution in [-0.4, -0.2) is 15.0 Å². The lowest BCUT2D eigenvalue weighted by Gasteiger charge is -2.28. The van der Waals surface area contributed by atoms with Crippen molar-refractivity contribution >= 4 is 23.1 Å². The maximum atomic E-state index is 11.4. The summed E-state index contributed by atoms with van der Waals surface area (Å²) in [5.41, 5.74) is 0.905. The molecule has 0 amide bonds. The summed E-state index contributed by atoms with van der Waals surface area (Å²) in [6.07, 6.45) is 0. The number of hydrogen-bond donors (Lipinski definition) is 1. The van der Waals surface area contributed by atoms with Crippen LogP contribution in [0.1, 0.15) is 58.2 Å². The van der Waals surface area contributed by atoms with Gasteiger partial charge in [0.05, 0.1) is 15.9 Å². The van der Waals surface area contributed by atoms with Gasteiger partial charge in [0.2, 0.25) is 0 Å². The molecule has 156 valence electrons. The number of thioether (sulfide) groups is 1. The predicted molar refractivity (Wildman–Crippen MR) is 115 cm³/mol. The fourth-order valence-corrected chi connectivity index (χ4v) is 3.92. The van der Waals surface area contributed by atoms with Gasteiger partial charge < -0.3 is 5.11 Å². The Morgan fingerprint density at radius 1 is 0.897 bits per heavy atom. The van der Waals surface area contributed by atoms with Crippen LogP contribution in [0.25, 0.3) is 0 Å². The summed E-state index contributed by atoms with van der Waals surface area (Å²) in [5.74, 6) is 0.558. The van der Waals surface area contributed by atoms with Crippen molar-refractivity contribution in [3.05, 3.63) is 67.3 Å². The van der Waals surface area contributed by atoms with Gasteiger partial charge in [-0.3, -0.25) is 20.2 Å². The molecule has 1 N–H and O–H groups in total. The monoisotopic (exact) mass is 418 g/mol. The van der Waals surface area contributed by atoms with Crippen molar-refractivity contribution in [3.63, 3.8) is 0 Å². The Kier molecular flexibility index (Phi) is 6.27. The number of nitro groups is 2. The van der Waals surface area contributed by atoms with Gasteiger partial charge in [-0.05, 0) is 29.0 Å². The largest absolute Gasteiger partial charge is 0.507 e. The molecule has 0 aliphatic carbocycles. The Morgan fingerprint density at radius 2 is 1.41 bits per heavy atom. The summed E-state index contributed by atoms with van der Waals surface area (Å²) in [5, 5.41) is 33.1. The first-order chi connectivity index (χ1) is 13.2. The maximum Gasteiger partial charge on any atom is 0.280 e. The third kappa shape index (κ3) is 5.26. The van der Waals surface area contributed by atoms with E-state index in [-0.39, 0.29) is 33.7 Å². The molecule has 0 bridgehead atoms. The molecule has 0 fully saturated rings. The first kappa shape index (κ1) is 22.7. The second kappa shape index (κ2) is 8.02. The third-order valence-corrected chi connectivity index (χ3v) is 5.59. The van der Waals surface area contributed by atoms with Gasteiger partial charge in [0, 0.05) is 33.4 Å². The third-order valence-electron chi connectivity index (χ3n) is 4.57. The SMILES string of the molecule is CC(C)(C)c1cc(SCc2ccc([N+](=O)[O-])cc2[N+](=O)[O-])cc(C(C)(C)C)c1O. The van der Waals surface area contributed by atoms with Crippen LogP contribution in [-0.2, 0) is 16.6 Å². The van der Waals surface area contributed by atoms with Gasteiger partial charge in [-0.25, -0.2) is 0 Å². The molecule has 0 aromatic heterocycles. The van der Waals surface area contributed by atoms with Crippen LogP contribution in [0, 0.1) is 20.2 Å². The standard InChI is InChI=1S/C21H26N2O5S/c1-20(2,3)16-10-15(11-17(19(16)24)21(4,5)6)29-12-13-7-8-14(22(25)26)9-18(13)23(27)28/h7-11,24H,12H2,1-6H3. The molecular weight excluding hydrogens is 392 g/mol. The molecule has 0 radical (unpaired) electrons. The average molecular weight is 419 g/mol. The Bertz CT molecular complexity index is 924. The molecule has 2 aromatic rings. The van der Waals surface area contributed by atoms with Gasteiger partial charge in [-0.15, -0.1) is 11.8 Å². The average Bonchev–Trinajstić information content (AvgIpc) is 2.58. The summed E-state index contributed by atoms with van der Waals surface area (Å²) >= 11 is 1.40. The Hall–Kier alpha value is -2.61. The van der Waals surface area contributed by atoms with Gasteiger partial charge in [0.25, 0.3) is 11.4 Å². The number of benzene rings is 2. The lowest BCUT2D eigenvalue weighted by atomic mass is 9.79. The second-order valence-corrected chi connectivity index (χ2v) is 10.0. The minimum absolute atomic E-state index is 0.266. The predicted octanol–water partition coefficient (Wildman–Crippen LogP) is 6.10. The van der Waals surface area contributed by atoms with E-state index in [0.29, 0.717) is 5.56 Å². The topological polar surface area (TPSA) is 107 Å². The van der Waals surface area contributed by atoms with E-state index in [2.05, 4.69) is 0 Å². The summed E-state index contributed by atoms with van der Waals surface area (Å²) in [7, 11) is 0. The Balaban J connectivity index is 2.45. The molecule has 2 aromatic carbocycles. The van der Waals surface area contributed by atoms with Crippen molar-refractivity contribution in [1.29, 1.82) is 0 Å². The molecule has 0 aliphatic rings. The molecule has 0 unspecified atom stereocenters. The molecule has 0 spiro atoms. The summed E-state index contributed by atoms with van der Waals surface area (Å²) in [4.78, 5) is 21.9. The minimum atomic E-state index is -0.644. The molecule has 0 atom stereocenters. The molecule has 29 heavy (non-hydrogen) atoms. The Labute approximate surface area is 174 Å². The van der Waals surface area contributed by atoms with Crippen molar-refractivity contribution in [3.8, 4) is 5.75 Å². The van der Waals surface area contributed by atoms with Gasteiger partial charge in [-0.2, -0.15) is 0 Å². The number of aromatic hydroxyl groups is 1. The highest BCUT2D eigenvalue weighted by Crippen LogP contribution is 2.42. The van der Waals surface area contributed by atoms with Crippen LogP contribution in [0.4, 0.5) is 11.4 Å². The van der Waals surface area contributed by atoms with E-state index in [0.717, 1.165) is 22.1 Å². The van der Waals surface area contributed by atoms with E-state index < -0.39 is 9.85 Å². The highest BCUT2D eigenvalue weighted by Gasteiger charge is 2.27. The van der Waals surface area contributed by atoms with Gasteiger partial charge >= 0.3 is 0 Å². The molecule has 0 heterocycles. The van der Waals surface area contributed by atoms with E-state index in [4.69, 9.17) is 0 Å². The molecule has 2 rings (SSSR count). The lowest BCUT2D eigenvalue weighted by molar-refractivity contribution is -0.394. The van der Waals surface area contributed by atoms with Crippen LogP contribution in [0.2, 0.25) is 0 Å². The van der Waals surface area contributed by atoms with Crippen molar-refractivity contribution in [1.82, 2.24) is 0 Å². The summed E-state index contributed by atoms with van der Waals surface area (Å²) in [6, 6.07) is 7.52. The zero-order valence-corrected chi connectivity index (χ0v) is 18.3. The minimum Gasteiger partial charge on any atom is -0.507 e. The zero-order chi connectivity index (χ0) is 22.1. The highest BCUT2D eigenvalue weighted by atomic mass is 32.2. The fraction of sp³-hybridized carbons (Fsp3) is 0.429. The molecular formula is C21H26N2O5S. The lowest BCUT2D eigenvalue weighted by Crippen LogP contribution is -2.17. The van der Waals surface area contributed by atoms with Crippen molar-refractivity contribution in [2.45, 2.75) is 63.0 Å². The molecule has 0 aliphatic heterocycles. The first-order valence-corrected chi connectivity index (χ1v) is 10.1.